The first-order chi connectivity index (χ1) is 14.5. The van der Waals surface area contributed by atoms with Gasteiger partial charge in [-0.25, -0.2) is 5.48 Å². The van der Waals surface area contributed by atoms with Gasteiger partial charge in [0.1, 0.15) is 5.75 Å². The van der Waals surface area contributed by atoms with Crippen molar-refractivity contribution in [2.75, 3.05) is 7.11 Å². The first-order valence-electron chi connectivity index (χ1n) is 9.78. The van der Waals surface area contributed by atoms with E-state index in [1.54, 1.807) is 17.6 Å². The lowest BCUT2D eigenvalue weighted by Gasteiger charge is -2.16. The summed E-state index contributed by atoms with van der Waals surface area (Å²) in [6.07, 6.45) is 1.14. The standard InChI is InChI=1S/C24H23NO5/c1-30-23(28)24(14-20(24)22(27)25-29)13-15-9-10-21(26)18(11-15)12-17-7-4-6-16-5-2-3-8-19(16)17/h2-11,20,26,29H,12-14H2,1H3,(H,25,27). The highest BCUT2D eigenvalue weighted by atomic mass is 16.5. The Hall–Kier alpha value is -3.38. The molecule has 1 saturated carbocycles. The third-order valence-electron chi connectivity index (χ3n) is 6.02. The van der Waals surface area contributed by atoms with Crippen LogP contribution in [0.1, 0.15) is 23.1 Å². The number of fused-ring (bicyclic) bond motifs is 1. The summed E-state index contributed by atoms with van der Waals surface area (Å²) in [7, 11) is 1.29. The predicted molar refractivity (Wildman–Crippen MR) is 111 cm³/mol. The summed E-state index contributed by atoms with van der Waals surface area (Å²) in [6.45, 7) is 0. The smallest absolute Gasteiger partial charge is 0.312 e. The number of carbonyl (C=O) groups is 2. The van der Waals surface area contributed by atoms with Gasteiger partial charge in [-0.2, -0.15) is 0 Å². The molecule has 1 aliphatic rings. The minimum absolute atomic E-state index is 0.180. The van der Waals surface area contributed by atoms with Gasteiger partial charge in [0.05, 0.1) is 18.4 Å². The van der Waals surface area contributed by atoms with E-state index >= 15 is 0 Å². The first kappa shape index (κ1) is 19.9. The van der Waals surface area contributed by atoms with Gasteiger partial charge in [0, 0.05) is 6.42 Å². The summed E-state index contributed by atoms with van der Waals surface area (Å²) in [5, 5.41) is 21.6. The third kappa shape index (κ3) is 3.50. The van der Waals surface area contributed by atoms with Crippen molar-refractivity contribution in [1.82, 2.24) is 5.48 Å². The minimum Gasteiger partial charge on any atom is -0.508 e. The molecule has 30 heavy (non-hydrogen) atoms. The number of nitrogens with one attached hydrogen (secondary N) is 1. The second kappa shape index (κ2) is 7.80. The lowest BCUT2D eigenvalue weighted by Crippen LogP contribution is -2.30. The highest BCUT2D eigenvalue weighted by Crippen LogP contribution is 2.56. The van der Waals surface area contributed by atoms with Crippen molar-refractivity contribution < 1.29 is 24.6 Å². The topological polar surface area (TPSA) is 95.9 Å². The maximum absolute atomic E-state index is 12.4. The van der Waals surface area contributed by atoms with Crippen molar-refractivity contribution in [1.29, 1.82) is 0 Å². The summed E-state index contributed by atoms with van der Waals surface area (Å²) in [5.41, 5.74) is 3.29. The molecule has 0 aliphatic heterocycles. The molecule has 154 valence electrons. The molecule has 3 N–H and O–H groups in total. The Morgan fingerprint density at radius 1 is 1.10 bits per heavy atom. The number of methoxy groups -OCH3 is 1. The van der Waals surface area contributed by atoms with Crippen LogP contribution in [0.3, 0.4) is 0 Å². The number of benzene rings is 3. The molecule has 1 aliphatic carbocycles. The van der Waals surface area contributed by atoms with Crippen LogP contribution in [0.2, 0.25) is 0 Å². The van der Waals surface area contributed by atoms with Crippen LogP contribution in [0.25, 0.3) is 10.8 Å². The maximum Gasteiger partial charge on any atom is 0.312 e. The molecule has 6 nitrogen and oxygen atoms in total. The monoisotopic (exact) mass is 405 g/mol. The molecule has 0 saturated heterocycles. The van der Waals surface area contributed by atoms with Gasteiger partial charge in [0.25, 0.3) is 0 Å². The number of amides is 1. The Labute approximate surface area is 174 Å². The van der Waals surface area contributed by atoms with Crippen LogP contribution in [-0.4, -0.2) is 29.3 Å². The van der Waals surface area contributed by atoms with Gasteiger partial charge >= 0.3 is 5.97 Å². The van der Waals surface area contributed by atoms with E-state index in [9.17, 15) is 14.7 Å². The van der Waals surface area contributed by atoms with E-state index in [0.29, 0.717) is 19.3 Å². The summed E-state index contributed by atoms with van der Waals surface area (Å²) in [5.74, 6) is -1.51. The number of phenols is 1. The van der Waals surface area contributed by atoms with Crippen molar-refractivity contribution in [2.24, 2.45) is 11.3 Å². The van der Waals surface area contributed by atoms with Gasteiger partial charge in [-0.05, 0) is 46.4 Å². The van der Waals surface area contributed by atoms with Gasteiger partial charge in [0.2, 0.25) is 5.91 Å². The number of phenolic OH excluding ortho intramolecular Hbond substituents is 1. The van der Waals surface area contributed by atoms with Gasteiger partial charge in [-0.3, -0.25) is 14.8 Å². The minimum atomic E-state index is -0.991. The second-order valence-corrected chi connectivity index (χ2v) is 7.84. The molecule has 3 aromatic rings. The fraction of sp³-hybridized carbons (Fsp3) is 0.250. The van der Waals surface area contributed by atoms with Gasteiger partial charge in [-0.15, -0.1) is 0 Å². The van der Waals surface area contributed by atoms with Crippen LogP contribution in [0.4, 0.5) is 0 Å². The SMILES string of the molecule is COC(=O)C1(Cc2ccc(O)c(Cc3cccc4ccccc34)c2)CC1C(=O)NO. The van der Waals surface area contributed by atoms with Crippen LogP contribution in [0.5, 0.6) is 5.75 Å². The van der Waals surface area contributed by atoms with E-state index < -0.39 is 23.2 Å². The highest BCUT2D eigenvalue weighted by molar-refractivity contribution is 5.93. The van der Waals surface area contributed by atoms with E-state index in [0.717, 1.165) is 27.5 Å². The number of hydroxylamine groups is 1. The summed E-state index contributed by atoms with van der Waals surface area (Å²) in [6, 6.07) is 19.4. The zero-order chi connectivity index (χ0) is 21.3. The zero-order valence-electron chi connectivity index (χ0n) is 16.6. The number of rotatable bonds is 6. The van der Waals surface area contributed by atoms with E-state index in [-0.39, 0.29) is 5.75 Å². The largest absolute Gasteiger partial charge is 0.508 e. The molecule has 4 rings (SSSR count). The average Bonchev–Trinajstić information content (AvgIpc) is 3.50. The van der Waals surface area contributed by atoms with E-state index in [1.807, 2.05) is 30.3 Å². The molecule has 2 unspecified atom stereocenters. The average molecular weight is 405 g/mol. The number of carbonyl (C=O) groups excluding carboxylic acids is 2. The number of hydrogen-bond donors (Lipinski definition) is 3. The summed E-state index contributed by atoms with van der Waals surface area (Å²) in [4.78, 5) is 24.3. The van der Waals surface area contributed by atoms with Crippen molar-refractivity contribution in [2.45, 2.75) is 19.3 Å². The van der Waals surface area contributed by atoms with Crippen LogP contribution in [0.15, 0.2) is 60.7 Å². The molecule has 0 radical (unpaired) electrons. The highest BCUT2D eigenvalue weighted by Gasteiger charge is 2.64. The van der Waals surface area contributed by atoms with Crippen molar-refractivity contribution >= 4 is 22.6 Å². The number of ether oxygens (including phenoxy) is 1. The maximum atomic E-state index is 12.4. The quantitative estimate of drug-likeness (QED) is 0.332. The van der Waals surface area contributed by atoms with Crippen LogP contribution in [0, 0.1) is 11.3 Å². The Balaban J connectivity index is 1.63. The molecule has 0 spiro atoms. The lowest BCUT2D eigenvalue weighted by atomic mass is 9.91. The molecule has 0 aromatic heterocycles. The van der Waals surface area contributed by atoms with Gasteiger partial charge in [0.15, 0.2) is 0 Å². The zero-order valence-corrected chi connectivity index (χ0v) is 16.6. The van der Waals surface area contributed by atoms with Gasteiger partial charge < -0.3 is 9.84 Å². The van der Waals surface area contributed by atoms with E-state index in [2.05, 4.69) is 18.2 Å². The van der Waals surface area contributed by atoms with Crippen molar-refractivity contribution in [3.63, 3.8) is 0 Å². The van der Waals surface area contributed by atoms with Crippen molar-refractivity contribution in [3.8, 4) is 5.75 Å². The number of aromatic hydroxyl groups is 1. The number of esters is 1. The summed E-state index contributed by atoms with van der Waals surface area (Å²) < 4.78 is 4.92. The number of hydrogen-bond acceptors (Lipinski definition) is 5. The normalized spacial score (nSPS) is 20.0. The fourth-order valence-corrected chi connectivity index (χ4v) is 4.33. The van der Waals surface area contributed by atoms with Crippen molar-refractivity contribution in [3.05, 3.63) is 77.4 Å². The Morgan fingerprint density at radius 3 is 2.63 bits per heavy atom. The van der Waals surface area contributed by atoms with Crippen LogP contribution < -0.4 is 5.48 Å². The van der Waals surface area contributed by atoms with E-state index in [4.69, 9.17) is 9.94 Å². The molecule has 6 heteroatoms. The molecule has 3 aromatic carbocycles. The van der Waals surface area contributed by atoms with E-state index in [1.165, 1.54) is 7.11 Å². The molecule has 1 fully saturated rings. The molecular formula is C24H23NO5. The first-order valence-corrected chi connectivity index (χ1v) is 9.78. The molecule has 0 bridgehead atoms. The fourth-order valence-electron chi connectivity index (χ4n) is 4.33. The Bertz CT molecular complexity index is 1120. The molecule has 0 heterocycles. The summed E-state index contributed by atoms with van der Waals surface area (Å²) >= 11 is 0. The second-order valence-electron chi connectivity index (χ2n) is 7.84. The predicted octanol–water partition coefficient (Wildman–Crippen LogP) is 3.36. The molecular weight excluding hydrogens is 382 g/mol. The van der Waals surface area contributed by atoms with Crippen LogP contribution >= 0.6 is 0 Å². The molecule has 2 atom stereocenters. The van der Waals surface area contributed by atoms with Crippen LogP contribution in [-0.2, 0) is 27.2 Å². The third-order valence-corrected chi connectivity index (χ3v) is 6.02. The molecule has 1 amide bonds. The Kier molecular flexibility index (Phi) is 5.18. The van der Waals surface area contributed by atoms with Gasteiger partial charge in [-0.1, -0.05) is 54.6 Å². The lowest BCUT2D eigenvalue weighted by molar-refractivity contribution is -0.149. The Morgan fingerprint density at radius 2 is 1.87 bits per heavy atom.